The van der Waals surface area contributed by atoms with Crippen LogP contribution in [0.4, 0.5) is 5.69 Å². The maximum atomic E-state index is 13.9. The summed E-state index contributed by atoms with van der Waals surface area (Å²) in [4.78, 5) is 41.8. The van der Waals surface area contributed by atoms with Crippen molar-refractivity contribution in [2.24, 2.45) is 0 Å². The zero-order valence-corrected chi connectivity index (χ0v) is 22.6. The van der Waals surface area contributed by atoms with Crippen LogP contribution >= 0.6 is 0 Å². The zero-order valence-electron chi connectivity index (χ0n) is 22.6. The Morgan fingerprint density at radius 1 is 0.974 bits per heavy atom. The van der Waals surface area contributed by atoms with Crippen LogP contribution in [0, 0.1) is 13.8 Å². The molecule has 1 atom stereocenters. The Bertz CT molecular complexity index is 1620. The molecule has 2 heterocycles. The Hall–Kier alpha value is -4.39. The third kappa shape index (κ3) is 4.80. The second kappa shape index (κ2) is 10.8. The number of ether oxygens (including phenoxy) is 2. The van der Waals surface area contributed by atoms with E-state index in [1.165, 1.54) is 0 Å². The van der Waals surface area contributed by atoms with E-state index >= 15 is 0 Å². The van der Waals surface area contributed by atoms with Crippen molar-refractivity contribution >= 4 is 28.5 Å². The Balaban J connectivity index is 1.64. The lowest BCUT2D eigenvalue weighted by molar-refractivity contribution is 0.0499. The van der Waals surface area contributed by atoms with Gasteiger partial charge in [0.05, 0.1) is 35.8 Å². The van der Waals surface area contributed by atoms with Crippen molar-refractivity contribution in [1.29, 1.82) is 0 Å². The minimum atomic E-state index is -0.738. The summed E-state index contributed by atoms with van der Waals surface area (Å²) >= 11 is 0. The first-order chi connectivity index (χ1) is 18.8. The second-order valence-corrected chi connectivity index (χ2v) is 9.73. The van der Waals surface area contributed by atoms with E-state index in [0.29, 0.717) is 46.7 Å². The van der Waals surface area contributed by atoms with E-state index < -0.39 is 17.9 Å². The summed E-state index contributed by atoms with van der Waals surface area (Å²) < 4.78 is 17.2. The molecule has 0 saturated heterocycles. The molecule has 0 radical (unpaired) electrons. The molecule has 3 aromatic carbocycles. The molecule has 4 aromatic rings. The molecule has 0 N–H and O–H groups in total. The van der Waals surface area contributed by atoms with Crippen LogP contribution < -0.4 is 15.1 Å². The van der Waals surface area contributed by atoms with Gasteiger partial charge in [0.15, 0.2) is 5.43 Å². The van der Waals surface area contributed by atoms with Crippen LogP contribution in [0.5, 0.6) is 5.75 Å². The van der Waals surface area contributed by atoms with Crippen molar-refractivity contribution in [3.05, 3.63) is 104 Å². The largest absolute Gasteiger partial charge is 0.494 e. The predicted molar refractivity (Wildman–Crippen MR) is 150 cm³/mol. The second-order valence-electron chi connectivity index (χ2n) is 9.73. The number of hydrogen-bond acceptors (Lipinski definition) is 6. The molecule has 0 fully saturated rings. The van der Waals surface area contributed by atoms with Crippen LogP contribution in [0.3, 0.4) is 0 Å². The van der Waals surface area contributed by atoms with Gasteiger partial charge in [0.2, 0.25) is 5.76 Å². The van der Waals surface area contributed by atoms with E-state index in [1.807, 2.05) is 58.0 Å². The highest BCUT2D eigenvalue weighted by molar-refractivity contribution is 6.11. The number of anilines is 1. The van der Waals surface area contributed by atoms with Crippen molar-refractivity contribution in [3.63, 3.8) is 0 Å². The number of amides is 1. The van der Waals surface area contributed by atoms with Gasteiger partial charge >= 0.3 is 5.97 Å². The monoisotopic (exact) mass is 525 g/mol. The van der Waals surface area contributed by atoms with Gasteiger partial charge < -0.3 is 13.9 Å². The van der Waals surface area contributed by atoms with Crippen LogP contribution in [-0.4, -0.2) is 25.1 Å². The van der Waals surface area contributed by atoms with Crippen LogP contribution in [0.2, 0.25) is 0 Å². The number of aryl methyl sites for hydroxylation is 2. The molecule has 5 rings (SSSR count). The Morgan fingerprint density at radius 3 is 2.44 bits per heavy atom. The van der Waals surface area contributed by atoms with Gasteiger partial charge in [-0.3, -0.25) is 14.5 Å². The number of unbranched alkanes of at least 4 members (excludes halogenated alkanes) is 1. The smallest absolute Gasteiger partial charge is 0.338 e. The molecule has 7 heteroatoms. The van der Waals surface area contributed by atoms with Gasteiger partial charge in [-0.25, -0.2) is 4.79 Å². The van der Waals surface area contributed by atoms with Crippen LogP contribution in [-0.2, 0) is 4.74 Å². The van der Waals surface area contributed by atoms with Crippen molar-refractivity contribution in [2.75, 3.05) is 18.1 Å². The van der Waals surface area contributed by atoms with Gasteiger partial charge in [0, 0.05) is 5.69 Å². The standard InChI is InChI=1S/C32H31NO6/c1-5-7-15-38-32(36)21-11-13-23(14-12-21)33-28(22-9-8-10-24(18-22)37-6-2)27-29(34)25-16-19(3)20(4)17-26(25)39-30(27)31(33)35/h8-14,16-18,28H,5-7,15H2,1-4H3. The first-order valence-corrected chi connectivity index (χ1v) is 13.3. The van der Waals surface area contributed by atoms with Crippen molar-refractivity contribution < 1.29 is 23.5 Å². The molecule has 0 saturated carbocycles. The SMILES string of the molecule is CCCCOC(=O)c1ccc(N2C(=O)c3oc4cc(C)c(C)cc4c(=O)c3C2c2cccc(OCC)c2)cc1. The van der Waals surface area contributed by atoms with E-state index in [1.54, 1.807) is 35.2 Å². The summed E-state index contributed by atoms with van der Waals surface area (Å²) in [6, 6.07) is 16.9. The number of benzene rings is 3. The quantitative estimate of drug-likeness (QED) is 0.192. The normalized spacial score (nSPS) is 14.5. The molecule has 0 spiro atoms. The molecule has 7 nitrogen and oxygen atoms in total. The molecule has 0 aliphatic carbocycles. The summed E-state index contributed by atoms with van der Waals surface area (Å²) in [5, 5.41) is 0.433. The average molecular weight is 526 g/mol. The Morgan fingerprint density at radius 2 is 1.72 bits per heavy atom. The summed E-state index contributed by atoms with van der Waals surface area (Å²) in [5.74, 6) is -0.184. The summed E-state index contributed by atoms with van der Waals surface area (Å²) in [6.07, 6.45) is 1.72. The maximum absolute atomic E-state index is 13.9. The Kier molecular flexibility index (Phi) is 7.24. The third-order valence-electron chi connectivity index (χ3n) is 7.08. The van der Waals surface area contributed by atoms with Crippen LogP contribution in [0.15, 0.2) is 69.9 Å². The topological polar surface area (TPSA) is 86.0 Å². The van der Waals surface area contributed by atoms with Gasteiger partial charge in [-0.2, -0.15) is 0 Å². The third-order valence-corrected chi connectivity index (χ3v) is 7.08. The number of rotatable bonds is 8. The lowest BCUT2D eigenvalue weighted by Gasteiger charge is -2.25. The number of carbonyl (C=O) groups is 2. The molecule has 1 amide bonds. The molecule has 1 aliphatic heterocycles. The van der Waals surface area contributed by atoms with Gasteiger partial charge in [-0.1, -0.05) is 25.5 Å². The molecule has 1 unspecified atom stereocenters. The number of fused-ring (bicyclic) bond motifs is 2. The first-order valence-electron chi connectivity index (χ1n) is 13.3. The molecule has 1 aliphatic rings. The molecule has 0 bridgehead atoms. The minimum absolute atomic E-state index is 0.0191. The highest BCUT2D eigenvalue weighted by Gasteiger charge is 2.43. The minimum Gasteiger partial charge on any atom is -0.494 e. The van der Waals surface area contributed by atoms with E-state index in [4.69, 9.17) is 13.9 Å². The van der Waals surface area contributed by atoms with Crippen LogP contribution in [0.1, 0.15) is 75.9 Å². The Labute approximate surface area is 227 Å². The number of nitrogens with zero attached hydrogens (tertiary/aromatic N) is 1. The maximum Gasteiger partial charge on any atom is 0.338 e. The van der Waals surface area contributed by atoms with Gasteiger partial charge in [0.1, 0.15) is 11.3 Å². The van der Waals surface area contributed by atoms with Gasteiger partial charge in [-0.15, -0.1) is 0 Å². The lowest BCUT2D eigenvalue weighted by Crippen LogP contribution is -2.29. The number of carbonyl (C=O) groups excluding carboxylic acids is 2. The number of hydrogen-bond donors (Lipinski definition) is 0. The lowest BCUT2D eigenvalue weighted by atomic mass is 9.97. The summed E-state index contributed by atoms with van der Waals surface area (Å²) in [7, 11) is 0. The van der Waals surface area contributed by atoms with E-state index in [9.17, 15) is 14.4 Å². The fourth-order valence-corrected chi connectivity index (χ4v) is 4.90. The fraction of sp³-hybridized carbons (Fsp3) is 0.281. The first kappa shape index (κ1) is 26.2. The average Bonchev–Trinajstić information content (AvgIpc) is 3.23. The van der Waals surface area contributed by atoms with Crippen molar-refractivity contribution in [1.82, 2.24) is 0 Å². The van der Waals surface area contributed by atoms with Gasteiger partial charge in [-0.05, 0) is 92.4 Å². The van der Waals surface area contributed by atoms with Crippen molar-refractivity contribution in [2.45, 2.75) is 46.6 Å². The highest BCUT2D eigenvalue weighted by Crippen LogP contribution is 2.42. The molecular weight excluding hydrogens is 494 g/mol. The summed E-state index contributed by atoms with van der Waals surface area (Å²) in [5.41, 5.74) is 3.98. The van der Waals surface area contributed by atoms with E-state index in [0.717, 1.165) is 24.0 Å². The van der Waals surface area contributed by atoms with Crippen LogP contribution in [0.25, 0.3) is 11.0 Å². The molecular formula is C32H31NO6. The van der Waals surface area contributed by atoms with Crippen molar-refractivity contribution in [3.8, 4) is 5.75 Å². The summed E-state index contributed by atoms with van der Waals surface area (Å²) in [6.45, 7) is 8.64. The van der Waals surface area contributed by atoms with Gasteiger partial charge in [0.25, 0.3) is 5.91 Å². The molecule has 39 heavy (non-hydrogen) atoms. The number of esters is 1. The molecule has 200 valence electrons. The zero-order chi connectivity index (χ0) is 27.7. The fourth-order valence-electron chi connectivity index (χ4n) is 4.90. The predicted octanol–water partition coefficient (Wildman–Crippen LogP) is 6.52. The van der Waals surface area contributed by atoms with E-state index in [-0.39, 0.29) is 16.8 Å². The molecule has 1 aromatic heterocycles. The van der Waals surface area contributed by atoms with E-state index in [2.05, 4.69) is 0 Å². The highest BCUT2D eigenvalue weighted by atomic mass is 16.5.